The summed E-state index contributed by atoms with van der Waals surface area (Å²) in [6, 6.07) is 9.51. The van der Waals surface area contributed by atoms with Crippen molar-refractivity contribution in [3.63, 3.8) is 0 Å². The smallest absolute Gasteiger partial charge is 0.410 e. The Labute approximate surface area is 136 Å². The summed E-state index contributed by atoms with van der Waals surface area (Å²) in [6.45, 7) is 1.11. The number of likely N-dealkylation sites (tertiary alicyclic amines) is 1. The van der Waals surface area contributed by atoms with Gasteiger partial charge < -0.3 is 14.4 Å². The minimum absolute atomic E-state index is 0.239. The van der Waals surface area contributed by atoms with Gasteiger partial charge in [-0.05, 0) is 18.4 Å². The van der Waals surface area contributed by atoms with Gasteiger partial charge in [0, 0.05) is 19.5 Å². The Balaban J connectivity index is 1.89. The van der Waals surface area contributed by atoms with E-state index in [4.69, 9.17) is 15.9 Å². The minimum Gasteiger partial charge on any atom is -0.469 e. The quantitative estimate of drug-likeness (QED) is 0.633. The van der Waals surface area contributed by atoms with Crippen molar-refractivity contribution in [2.75, 3.05) is 20.2 Å². The molecular formula is C18H21NO4. The van der Waals surface area contributed by atoms with Crippen LogP contribution in [0, 0.1) is 17.8 Å². The van der Waals surface area contributed by atoms with Crippen molar-refractivity contribution in [2.24, 2.45) is 5.41 Å². The number of hydrogen-bond donors (Lipinski definition) is 0. The molecule has 1 saturated heterocycles. The maximum atomic E-state index is 12.1. The molecule has 1 aliphatic rings. The van der Waals surface area contributed by atoms with Crippen LogP contribution in [0.4, 0.5) is 4.79 Å². The number of methoxy groups -OCH3 is 1. The fraction of sp³-hybridized carbons (Fsp3) is 0.444. The van der Waals surface area contributed by atoms with E-state index in [9.17, 15) is 9.59 Å². The molecule has 0 aromatic heterocycles. The number of carbonyl (C=O) groups excluding carboxylic acids is 2. The van der Waals surface area contributed by atoms with E-state index in [1.807, 2.05) is 30.3 Å². The SMILES string of the molecule is C#CCC1(C(=O)OC)CCN(C(=O)OCc2ccccc2)CC1. The molecule has 122 valence electrons. The normalized spacial score (nSPS) is 16.3. The highest BCUT2D eigenvalue weighted by molar-refractivity contribution is 5.78. The number of ether oxygens (including phenoxy) is 2. The number of piperidine rings is 1. The summed E-state index contributed by atoms with van der Waals surface area (Å²) in [7, 11) is 1.36. The fourth-order valence-electron chi connectivity index (χ4n) is 2.79. The van der Waals surface area contributed by atoms with Crippen LogP contribution in [0.25, 0.3) is 0 Å². The lowest BCUT2D eigenvalue weighted by atomic mass is 9.76. The molecule has 1 aromatic carbocycles. The van der Waals surface area contributed by atoms with Crippen molar-refractivity contribution < 1.29 is 19.1 Å². The number of benzene rings is 1. The molecule has 1 amide bonds. The van der Waals surface area contributed by atoms with Crippen LogP contribution in [0.1, 0.15) is 24.8 Å². The molecule has 1 aromatic rings. The van der Waals surface area contributed by atoms with Gasteiger partial charge in [0.2, 0.25) is 0 Å². The van der Waals surface area contributed by atoms with Crippen molar-refractivity contribution in [1.29, 1.82) is 0 Å². The summed E-state index contributed by atoms with van der Waals surface area (Å²) in [5.74, 6) is 2.25. The highest BCUT2D eigenvalue weighted by atomic mass is 16.6. The molecule has 0 aliphatic carbocycles. The van der Waals surface area contributed by atoms with Gasteiger partial charge in [0.15, 0.2) is 0 Å². The average Bonchev–Trinajstić information content (AvgIpc) is 2.60. The van der Waals surface area contributed by atoms with Gasteiger partial charge >= 0.3 is 12.1 Å². The molecule has 0 saturated carbocycles. The average molecular weight is 315 g/mol. The van der Waals surface area contributed by atoms with Gasteiger partial charge in [0.25, 0.3) is 0 Å². The molecular weight excluding hydrogens is 294 g/mol. The number of nitrogens with zero attached hydrogens (tertiary/aromatic N) is 1. The Morgan fingerprint density at radius 2 is 1.91 bits per heavy atom. The first-order chi connectivity index (χ1) is 11.1. The van der Waals surface area contributed by atoms with Crippen LogP contribution in [0.3, 0.4) is 0 Å². The zero-order valence-electron chi connectivity index (χ0n) is 13.3. The Morgan fingerprint density at radius 1 is 1.26 bits per heavy atom. The molecule has 0 unspecified atom stereocenters. The second-order valence-corrected chi connectivity index (χ2v) is 5.68. The zero-order chi connectivity index (χ0) is 16.7. The number of terminal acetylenes is 1. The van der Waals surface area contributed by atoms with Gasteiger partial charge in [-0.3, -0.25) is 4.79 Å². The Kier molecular flexibility index (Phi) is 5.64. The third-order valence-electron chi connectivity index (χ3n) is 4.24. The van der Waals surface area contributed by atoms with Crippen molar-refractivity contribution in [3.05, 3.63) is 35.9 Å². The number of hydrogen-bond acceptors (Lipinski definition) is 4. The van der Waals surface area contributed by atoms with Crippen LogP contribution in [0.5, 0.6) is 0 Å². The largest absolute Gasteiger partial charge is 0.469 e. The molecule has 5 nitrogen and oxygen atoms in total. The van der Waals surface area contributed by atoms with Gasteiger partial charge in [-0.25, -0.2) is 4.79 Å². The van der Waals surface area contributed by atoms with Gasteiger partial charge in [0.05, 0.1) is 12.5 Å². The number of carbonyl (C=O) groups is 2. The van der Waals surface area contributed by atoms with Crippen LogP contribution in [0.15, 0.2) is 30.3 Å². The number of amides is 1. The Hall–Kier alpha value is -2.48. The van der Waals surface area contributed by atoms with Gasteiger partial charge in [-0.15, -0.1) is 12.3 Å². The van der Waals surface area contributed by atoms with Crippen LogP contribution in [0.2, 0.25) is 0 Å². The summed E-state index contributed by atoms with van der Waals surface area (Å²) in [4.78, 5) is 25.8. The van der Waals surface area contributed by atoms with Gasteiger partial charge in [-0.2, -0.15) is 0 Å². The fourth-order valence-corrected chi connectivity index (χ4v) is 2.79. The summed E-state index contributed by atoms with van der Waals surface area (Å²) in [5.41, 5.74) is 0.258. The van der Waals surface area contributed by atoms with Crippen molar-refractivity contribution in [2.45, 2.75) is 25.9 Å². The molecule has 2 rings (SSSR count). The minimum atomic E-state index is -0.681. The molecule has 0 bridgehead atoms. The van der Waals surface area contributed by atoms with Crippen LogP contribution in [-0.4, -0.2) is 37.2 Å². The predicted octanol–water partition coefficient (Wildman–Crippen LogP) is 2.60. The van der Waals surface area contributed by atoms with E-state index in [0.717, 1.165) is 5.56 Å². The van der Waals surface area contributed by atoms with Crippen molar-refractivity contribution in [3.8, 4) is 12.3 Å². The Morgan fingerprint density at radius 3 is 2.48 bits per heavy atom. The number of esters is 1. The monoisotopic (exact) mass is 315 g/mol. The van der Waals surface area contributed by atoms with Crippen molar-refractivity contribution in [1.82, 2.24) is 4.90 Å². The highest BCUT2D eigenvalue weighted by Crippen LogP contribution is 2.36. The van der Waals surface area contributed by atoms with E-state index in [1.165, 1.54) is 7.11 Å². The van der Waals surface area contributed by atoms with E-state index in [2.05, 4.69) is 5.92 Å². The highest BCUT2D eigenvalue weighted by Gasteiger charge is 2.43. The second kappa shape index (κ2) is 7.68. The molecule has 0 radical (unpaired) electrons. The van der Waals surface area contributed by atoms with E-state index in [0.29, 0.717) is 32.4 Å². The van der Waals surface area contributed by atoms with Crippen LogP contribution < -0.4 is 0 Å². The van der Waals surface area contributed by atoms with Crippen molar-refractivity contribution >= 4 is 12.1 Å². The van der Waals surface area contributed by atoms with E-state index in [-0.39, 0.29) is 18.7 Å². The van der Waals surface area contributed by atoms with Crippen LogP contribution >= 0.6 is 0 Å². The Bertz CT molecular complexity index is 583. The second-order valence-electron chi connectivity index (χ2n) is 5.68. The molecule has 5 heteroatoms. The lowest BCUT2D eigenvalue weighted by molar-refractivity contribution is -0.155. The van der Waals surface area contributed by atoms with Gasteiger partial charge in [-0.1, -0.05) is 30.3 Å². The molecule has 0 atom stereocenters. The number of rotatable bonds is 4. The summed E-state index contributed by atoms with van der Waals surface area (Å²) >= 11 is 0. The molecule has 23 heavy (non-hydrogen) atoms. The molecule has 1 heterocycles. The lowest BCUT2D eigenvalue weighted by Gasteiger charge is -2.38. The summed E-state index contributed by atoms with van der Waals surface area (Å²) < 4.78 is 10.2. The molecule has 1 fully saturated rings. The third-order valence-corrected chi connectivity index (χ3v) is 4.24. The summed E-state index contributed by atoms with van der Waals surface area (Å²) in [5, 5.41) is 0. The van der Waals surface area contributed by atoms with Crippen LogP contribution in [-0.2, 0) is 20.9 Å². The first-order valence-electron chi connectivity index (χ1n) is 7.59. The predicted molar refractivity (Wildman–Crippen MR) is 85.3 cm³/mol. The first kappa shape index (κ1) is 16.9. The zero-order valence-corrected chi connectivity index (χ0v) is 13.3. The molecule has 0 spiro atoms. The lowest BCUT2D eigenvalue weighted by Crippen LogP contribution is -2.47. The van der Waals surface area contributed by atoms with E-state index in [1.54, 1.807) is 4.90 Å². The molecule has 1 aliphatic heterocycles. The summed E-state index contributed by atoms with van der Waals surface area (Å²) in [6.07, 6.45) is 6.32. The standard InChI is InChI=1S/C18H21NO4/c1-3-9-18(16(20)22-2)10-12-19(13-11-18)17(21)23-14-15-7-5-4-6-8-15/h1,4-8H,9-14H2,2H3. The van der Waals surface area contributed by atoms with E-state index < -0.39 is 5.41 Å². The van der Waals surface area contributed by atoms with E-state index >= 15 is 0 Å². The topological polar surface area (TPSA) is 55.8 Å². The first-order valence-corrected chi connectivity index (χ1v) is 7.59. The maximum Gasteiger partial charge on any atom is 0.410 e. The molecule has 0 N–H and O–H groups in total. The third kappa shape index (κ3) is 4.04. The van der Waals surface area contributed by atoms with Gasteiger partial charge in [0.1, 0.15) is 6.61 Å². The maximum absolute atomic E-state index is 12.1.